The number of hydrogen-bond acceptors (Lipinski definition) is 4. The molecule has 6 nitrogen and oxygen atoms in total. The van der Waals surface area contributed by atoms with Crippen molar-refractivity contribution in [2.75, 3.05) is 11.9 Å². The first-order valence-electron chi connectivity index (χ1n) is 8.13. The van der Waals surface area contributed by atoms with Gasteiger partial charge in [0, 0.05) is 19.0 Å². The summed E-state index contributed by atoms with van der Waals surface area (Å²) < 4.78 is 0. The quantitative estimate of drug-likeness (QED) is 0.774. The molecule has 0 radical (unpaired) electrons. The van der Waals surface area contributed by atoms with Crippen molar-refractivity contribution in [2.45, 2.75) is 19.4 Å². The number of benzene rings is 2. The fourth-order valence-corrected chi connectivity index (χ4v) is 3.03. The molecule has 0 saturated heterocycles. The highest BCUT2D eigenvalue weighted by Crippen LogP contribution is 2.30. The van der Waals surface area contributed by atoms with Gasteiger partial charge in [0.1, 0.15) is 6.04 Å². The van der Waals surface area contributed by atoms with E-state index in [1.807, 2.05) is 55.5 Å². The molecular weight excluding hydrogens is 314 g/mol. The van der Waals surface area contributed by atoms with Gasteiger partial charge in [-0.05, 0) is 24.6 Å². The number of nitrogens with zero attached hydrogens (tertiary/aromatic N) is 5. The molecule has 2 aliphatic heterocycles. The second-order valence-corrected chi connectivity index (χ2v) is 6.20. The molecule has 25 heavy (non-hydrogen) atoms. The summed E-state index contributed by atoms with van der Waals surface area (Å²) in [6.45, 7) is 1.99. The van der Waals surface area contributed by atoms with Gasteiger partial charge in [0.2, 0.25) is 0 Å². The highest BCUT2D eigenvalue weighted by atomic mass is 16.2. The van der Waals surface area contributed by atoms with E-state index in [0.717, 1.165) is 22.4 Å². The van der Waals surface area contributed by atoms with Gasteiger partial charge in [-0.3, -0.25) is 4.79 Å². The Bertz CT molecular complexity index is 930. The summed E-state index contributed by atoms with van der Waals surface area (Å²) >= 11 is 0. The number of carbonyl (C=O) groups is 1. The van der Waals surface area contributed by atoms with Gasteiger partial charge in [-0.15, -0.1) is 15.3 Å². The zero-order chi connectivity index (χ0) is 17.4. The number of azo groups is 1. The van der Waals surface area contributed by atoms with Crippen molar-refractivity contribution in [3.05, 3.63) is 65.2 Å². The molecule has 4 rings (SSSR count). The molecule has 0 aromatic heterocycles. The SMILES string of the molecule is Cc1ccc2c(c1)/C(=N/N=C1/C[C@@H](c3ccccc3)N=N1)C(=O)N2C. The van der Waals surface area contributed by atoms with Crippen LogP contribution >= 0.6 is 0 Å². The molecule has 0 unspecified atom stereocenters. The van der Waals surface area contributed by atoms with Gasteiger partial charge in [0.25, 0.3) is 5.91 Å². The lowest BCUT2D eigenvalue weighted by Gasteiger charge is -2.08. The van der Waals surface area contributed by atoms with Crippen molar-refractivity contribution in [3.8, 4) is 0 Å². The number of hydrogen-bond donors (Lipinski definition) is 0. The third-order valence-corrected chi connectivity index (χ3v) is 4.41. The largest absolute Gasteiger partial charge is 0.309 e. The fourth-order valence-electron chi connectivity index (χ4n) is 3.03. The summed E-state index contributed by atoms with van der Waals surface area (Å²) in [7, 11) is 1.74. The molecule has 1 amide bonds. The minimum Gasteiger partial charge on any atom is -0.309 e. The van der Waals surface area contributed by atoms with Crippen LogP contribution in [0.2, 0.25) is 0 Å². The number of aryl methyl sites for hydroxylation is 1. The van der Waals surface area contributed by atoms with E-state index >= 15 is 0 Å². The Morgan fingerprint density at radius 3 is 2.72 bits per heavy atom. The predicted octanol–water partition coefficient (Wildman–Crippen LogP) is 3.67. The Kier molecular flexibility index (Phi) is 3.72. The summed E-state index contributed by atoms with van der Waals surface area (Å²) in [5.41, 5.74) is 4.19. The standard InChI is InChI=1S/C19H17N5O/c1-12-8-9-16-14(10-12)18(19(25)24(16)2)23-22-17-11-15(20-21-17)13-6-4-3-5-7-13/h3-10,15H,11H2,1-2H3/b22-17-,23-18-/t15-/m0/s1. The van der Waals surface area contributed by atoms with Crippen LogP contribution in [-0.4, -0.2) is 24.5 Å². The van der Waals surface area contributed by atoms with Crippen LogP contribution in [0.25, 0.3) is 0 Å². The second-order valence-electron chi connectivity index (χ2n) is 6.20. The van der Waals surface area contributed by atoms with Crippen LogP contribution in [0.1, 0.15) is 29.2 Å². The van der Waals surface area contributed by atoms with Gasteiger partial charge in [0.05, 0.1) is 5.69 Å². The van der Waals surface area contributed by atoms with E-state index < -0.39 is 0 Å². The summed E-state index contributed by atoms with van der Waals surface area (Å²) in [4.78, 5) is 14.0. The molecule has 2 heterocycles. The molecule has 0 bridgehead atoms. The minimum absolute atomic E-state index is 0.0309. The number of fused-ring (bicyclic) bond motifs is 1. The van der Waals surface area contributed by atoms with Gasteiger partial charge in [-0.1, -0.05) is 42.0 Å². The number of carbonyl (C=O) groups excluding carboxylic acids is 1. The molecule has 6 heteroatoms. The molecule has 0 aliphatic carbocycles. The Balaban J connectivity index is 1.61. The van der Waals surface area contributed by atoms with Crippen molar-refractivity contribution < 1.29 is 4.79 Å². The van der Waals surface area contributed by atoms with Gasteiger partial charge in [-0.25, -0.2) is 0 Å². The lowest BCUT2D eigenvalue weighted by Crippen LogP contribution is -2.25. The van der Waals surface area contributed by atoms with Crippen molar-refractivity contribution in [1.29, 1.82) is 0 Å². The van der Waals surface area contributed by atoms with Gasteiger partial charge >= 0.3 is 0 Å². The molecule has 0 spiro atoms. The lowest BCUT2D eigenvalue weighted by molar-refractivity contribution is -0.111. The third kappa shape index (κ3) is 2.76. The van der Waals surface area contributed by atoms with Crippen LogP contribution in [-0.2, 0) is 4.79 Å². The number of amides is 1. The normalized spacial score (nSPS) is 22.2. The van der Waals surface area contributed by atoms with Crippen molar-refractivity contribution in [3.63, 3.8) is 0 Å². The highest BCUT2D eigenvalue weighted by Gasteiger charge is 2.31. The first-order chi connectivity index (χ1) is 12.1. The zero-order valence-electron chi connectivity index (χ0n) is 14.0. The monoisotopic (exact) mass is 331 g/mol. The Hall–Kier alpha value is -3.15. The molecule has 2 aromatic rings. The van der Waals surface area contributed by atoms with E-state index in [0.29, 0.717) is 18.0 Å². The summed E-state index contributed by atoms with van der Waals surface area (Å²) in [6, 6.07) is 15.8. The number of anilines is 1. The maximum Gasteiger partial charge on any atom is 0.279 e. The van der Waals surface area contributed by atoms with E-state index in [1.54, 1.807) is 11.9 Å². The topological polar surface area (TPSA) is 69.7 Å². The van der Waals surface area contributed by atoms with Crippen LogP contribution in [0.4, 0.5) is 5.69 Å². The molecule has 2 aliphatic rings. The Labute approximate surface area is 145 Å². The Morgan fingerprint density at radius 1 is 1.12 bits per heavy atom. The first-order valence-corrected chi connectivity index (χ1v) is 8.13. The predicted molar refractivity (Wildman–Crippen MR) is 97.2 cm³/mol. The molecule has 2 aromatic carbocycles. The van der Waals surface area contributed by atoms with E-state index in [1.165, 1.54) is 0 Å². The lowest BCUT2D eigenvalue weighted by atomic mass is 10.1. The van der Waals surface area contributed by atoms with Crippen molar-refractivity contribution >= 4 is 23.1 Å². The average molecular weight is 331 g/mol. The van der Waals surface area contributed by atoms with Crippen LogP contribution in [0.15, 0.2) is 69.0 Å². The molecule has 0 fully saturated rings. The van der Waals surface area contributed by atoms with E-state index in [2.05, 4.69) is 20.4 Å². The molecule has 0 N–H and O–H groups in total. The maximum atomic E-state index is 12.4. The third-order valence-electron chi connectivity index (χ3n) is 4.41. The van der Waals surface area contributed by atoms with Gasteiger partial charge in [-0.2, -0.15) is 5.11 Å². The molecular formula is C19H17N5O. The van der Waals surface area contributed by atoms with E-state index in [-0.39, 0.29) is 11.9 Å². The van der Waals surface area contributed by atoms with Gasteiger partial charge < -0.3 is 4.90 Å². The number of rotatable bonds is 2. The molecule has 0 saturated carbocycles. The zero-order valence-corrected chi connectivity index (χ0v) is 14.0. The molecule has 124 valence electrons. The number of likely N-dealkylation sites (N-methyl/N-ethyl adjacent to an activating group) is 1. The maximum absolute atomic E-state index is 12.4. The highest BCUT2D eigenvalue weighted by molar-refractivity contribution is 6.54. The number of amidine groups is 1. The van der Waals surface area contributed by atoms with Crippen molar-refractivity contribution in [1.82, 2.24) is 0 Å². The van der Waals surface area contributed by atoms with Gasteiger partial charge in [0.15, 0.2) is 11.5 Å². The van der Waals surface area contributed by atoms with Crippen LogP contribution in [0, 0.1) is 6.92 Å². The van der Waals surface area contributed by atoms with Crippen LogP contribution in [0.5, 0.6) is 0 Å². The van der Waals surface area contributed by atoms with E-state index in [4.69, 9.17) is 0 Å². The Morgan fingerprint density at radius 2 is 1.92 bits per heavy atom. The van der Waals surface area contributed by atoms with Crippen molar-refractivity contribution in [2.24, 2.45) is 20.4 Å². The summed E-state index contributed by atoms with van der Waals surface area (Å²) in [5.74, 6) is 0.386. The summed E-state index contributed by atoms with van der Waals surface area (Å²) in [5, 5.41) is 16.8. The summed E-state index contributed by atoms with van der Waals surface area (Å²) in [6.07, 6.45) is 0.589. The first kappa shape index (κ1) is 15.4. The van der Waals surface area contributed by atoms with Crippen LogP contribution < -0.4 is 4.90 Å². The minimum atomic E-state index is -0.153. The van der Waals surface area contributed by atoms with E-state index in [9.17, 15) is 4.79 Å². The second kappa shape index (κ2) is 6.05. The van der Waals surface area contributed by atoms with Crippen LogP contribution in [0.3, 0.4) is 0 Å². The molecule has 1 atom stereocenters. The fraction of sp³-hybridized carbons (Fsp3) is 0.211. The average Bonchev–Trinajstić information content (AvgIpc) is 3.19. The smallest absolute Gasteiger partial charge is 0.279 e.